The van der Waals surface area contributed by atoms with Gasteiger partial charge in [-0.15, -0.1) is 0 Å². The first-order valence-corrected chi connectivity index (χ1v) is 6.81. The van der Waals surface area contributed by atoms with Gasteiger partial charge < -0.3 is 10.1 Å². The first-order valence-electron chi connectivity index (χ1n) is 6.81. The van der Waals surface area contributed by atoms with Crippen LogP contribution in [0.1, 0.15) is 26.7 Å². The third-order valence-corrected chi connectivity index (χ3v) is 3.45. The number of aromatic nitrogens is 1. The van der Waals surface area contributed by atoms with E-state index in [9.17, 15) is 4.79 Å². The van der Waals surface area contributed by atoms with Crippen LogP contribution in [0.15, 0.2) is 36.5 Å². The molecule has 0 aliphatic carbocycles. The zero-order valence-electron chi connectivity index (χ0n) is 12.1. The molecule has 4 heteroatoms. The van der Waals surface area contributed by atoms with Crippen molar-refractivity contribution in [2.24, 2.45) is 0 Å². The summed E-state index contributed by atoms with van der Waals surface area (Å²) in [5.41, 5.74) is -0.763. The Balaban J connectivity index is 2.41. The summed E-state index contributed by atoms with van der Waals surface area (Å²) < 4.78 is 4.92. The van der Waals surface area contributed by atoms with E-state index in [2.05, 4.69) is 10.3 Å². The minimum Gasteiger partial charge on any atom is -0.467 e. The molecular formula is C16H20N2O2. The summed E-state index contributed by atoms with van der Waals surface area (Å²) in [6, 6.07) is 9.92. The number of hydrogen-bond donors (Lipinski definition) is 1. The van der Waals surface area contributed by atoms with Crippen LogP contribution in [0, 0.1) is 0 Å². The Kier molecular flexibility index (Phi) is 4.23. The van der Waals surface area contributed by atoms with Gasteiger partial charge in [0.2, 0.25) is 0 Å². The molecule has 20 heavy (non-hydrogen) atoms. The first-order chi connectivity index (χ1) is 9.60. The van der Waals surface area contributed by atoms with Crippen LogP contribution < -0.4 is 5.32 Å². The number of benzene rings is 1. The highest BCUT2D eigenvalue weighted by atomic mass is 16.5. The fraction of sp³-hybridized carbons (Fsp3) is 0.375. The average Bonchev–Trinajstić information content (AvgIpc) is 2.47. The van der Waals surface area contributed by atoms with Crippen molar-refractivity contribution in [2.75, 3.05) is 12.4 Å². The highest BCUT2D eigenvalue weighted by Gasteiger charge is 2.34. The number of rotatable bonds is 5. The van der Waals surface area contributed by atoms with Gasteiger partial charge in [0, 0.05) is 11.6 Å². The number of nitrogens with one attached hydrogen (secondary N) is 1. The van der Waals surface area contributed by atoms with Gasteiger partial charge in [-0.25, -0.2) is 9.78 Å². The van der Waals surface area contributed by atoms with Crippen LogP contribution in [0.3, 0.4) is 0 Å². The van der Waals surface area contributed by atoms with E-state index in [-0.39, 0.29) is 5.97 Å². The van der Waals surface area contributed by atoms with Crippen molar-refractivity contribution >= 4 is 22.6 Å². The fourth-order valence-corrected chi connectivity index (χ4v) is 2.42. The standard InChI is InChI=1S/C16H20N2O2/c1-4-10-16(2,15(19)20-3)18-14-13-8-6-5-7-12(13)9-11-17-14/h5-9,11H,4,10H2,1-3H3,(H,17,18). The zero-order chi connectivity index (χ0) is 14.6. The van der Waals surface area contributed by atoms with E-state index in [0.29, 0.717) is 12.2 Å². The Morgan fingerprint density at radius 2 is 2.10 bits per heavy atom. The second kappa shape index (κ2) is 5.90. The molecule has 106 valence electrons. The van der Waals surface area contributed by atoms with Crippen molar-refractivity contribution < 1.29 is 9.53 Å². The lowest BCUT2D eigenvalue weighted by Crippen LogP contribution is -2.44. The van der Waals surface area contributed by atoms with Crippen LogP contribution in [0.4, 0.5) is 5.82 Å². The van der Waals surface area contributed by atoms with E-state index in [1.54, 1.807) is 6.20 Å². The normalized spacial score (nSPS) is 13.8. The SMILES string of the molecule is CCCC(C)(Nc1nccc2ccccc12)C(=O)OC. The molecule has 0 aliphatic heterocycles. The predicted octanol–water partition coefficient (Wildman–Crippen LogP) is 3.38. The number of nitrogens with zero attached hydrogens (tertiary/aromatic N) is 1. The minimum absolute atomic E-state index is 0.269. The topological polar surface area (TPSA) is 51.2 Å². The van der Waals surface area contributed by atoms with Gasteiger partial charge in [0.05, 0.1) is 7.11 Å². The maximum atomic E-state index is 12.1. The summed E-state index contributed by atoms with van der Waals surface area (Å²) >= 11 is 0. The molecule has 0 spiro atoms. The summed E-state index contributed by atoms with van der Waals surface area (Å²) in [5, 5.41) is 5.36. The molecule has 1 N–H and O–H groups in total. The number of pyridine rings is 1. The number of anilines is 1. The summed E-state index contributed by atoms with van der Waals surface area (Å²) in [7, 11) is 1.41. The van der Waals surface area contributed by atoms with Crippen molar-refractivity contribution in [1.82, 2.24) is 4.98 Å². The lowest BCUT2D eigenvalue weighted by molar-refractivity contribution is -0.145. The number of carbonyl (C=O) groups excluding carboxylic acids is 1. The van der Waals surface area contributed by atoms with Crippen LogP contribution in [0.2, 0.25) is 0 Å². The Hall–Kier alpha value is -2.10. The Morgan fingerprint density at radius 1 is 1.35 bits per heavy atom. The molecule has 1 unspecified atom stereocenters. The number of esters is 1. The third-order valence-electron chi connectivity index (χ3n) is 3.45. The highest BCUT2D eigenvalue weighted by Crippen LogP contribution is 2.26. The molecule has 1 aromatic carbocycles. The van der Waals surface area contributed by atoms with Gasteiger partial charge in [0.1, 0.15) is 11.4 Å². The van der Waals surface area contributed by atoms with Crippen molar-refractivity contribution in [1.29, 1.82) is 0 Å². The largest absolute Gasteiger partial charge is 0.467 e. The summed E-state index contributed by atoms with van der Waals surface area (Å²) in [6.45, 7) is 3.89. The molecule has 2 aromatic rings. The number of ether oxygens (including phenoxy) is 1. The number of hydrogen-bond acceptors (Lipinski definition) is 4. The van der Waals surface area contributed by atoms with Gasteiger partial charge in [0.15, 0.2) is 0 Å². The van der Waals surface area contributed by atoms with Crippen molar-refractivity contribution in [3.05, 3.63) is 36.5 Å². The predicted molar refractivity (Wildman–Crippen MR) is 80.7 cm³/mol. The summed E-state index contributed by atoms with van der Waals surface area (Å²) in [5.74, 6) is 0.443. The smallest absolute Gasteiger partial charge is 0.331 e. The van der Waals surface area contributed by atoms with E-state index in [0.717, 1.165) is 17.2 Å². The number of carbonyl (C=O) groups is 1. The van der Waals surface area contributed by atoms with Gasteiger partial charge in [-0.1, -0.05) is 37.6 Å². The van der Waals surface area contributed by atoms with Gasteiger partial charge in [-0.2, -0.15) is 0 Å². The lowest BCUT2D eigenvalue weighted by Gasteiger charge is -2.28. The van der Waals surface area contributed by atoms with Crippen LogP contribution in [0.5, 0.6) is 0 Å². The lowest BCUT2D eigenvalue weighted by atomic mass is 9.96. The van der Waals surface area contributed by atoms with E-state index in [1.165, 1.54) is 7.11 Å². The molecule has 4 nitrogen and oxygen atoms in total. The van der Waals surface area contributed by atoms with E-state index >= 15 is 0 Å². The van der Waals surface area contributed by atoms with Gasteiger partial charge in [-0.3, -0.25) is 0 Å². The maximum absolute atomic E-state index is 12.1. The summed E-state index contributed by atoms with van der Waals surface area (Å²) in [6.07, 6.45) is 3.31. The summed E-state index contributed by atoms with van der Waals surface area (Å²) in [4.78, 5) is 16.4. The second-order valence-corrected chi connectivity index (χ2v) is 5.08. The van der Waals surface area contributed by atoms with E-state index in [1.807, 2.05) is 44.2 Å². The Labute approximate surface area is 119 Å². The van der Waals surface area contributed by atoms with Crippen molar-refractivity contribution in [2.45, 2.75) is 32.2 Å². The van der Waals surface area contributed by atoms with Crippen molar-refractivity contribution in [3.8, 4) is 0 Å². The van der Waals surface area contributed by atoms with Crippen molar-refractivity contribution in [3.63, 3.8) is 0 Å². The van der Waals surface area contributed by atoms with Crippen LogP contribution in [0.25, 0.3) is 10.8 Å². The second-order valence-electron chi connectivity index (χ2n) is 5.08. The molecule has 0 saturated heterocycles. The molecule has 0 amide bonds. The van der Waals surface area contributed by atoms with E-state index < -0.39 is 5.54 Å². The molecule has 2 rings (SSSR count). The zero-order valence-corrected chi connectivity index (χ0v) is 12.1. The van der Waals surface area contributed by atoms with E-state index in [4.69, 9.17) is 4.74 Å². The van der Waals surface area contributed by atoms with Crippen LogP contribution in [-0.4, -0.2) is 23.6 Å². The molecule has 0 aliphatic rings. The Morgan fingerprint density at radius 3 is 2.80 bits per heavy atom. The number of fused-ring (bicyclic) bond motifs is 1. The minimum atomic E-state index is -0.763. The average molecular weight is 272 g/mol. The third kappa shape index (κ3) is 2.74. The molecule has 0 fully saturated rings. The molecule has 1 atom stereocenters. The van der Waals surface area contributed by atoms with Gasteiger partial charge in [-0.05, 0) is 24.8 Å². The highest BCUT2D eigenvalue weighted by molar-refractivity contribution is 5.94. The van der Waals surface area contributed by atoms with Gasteiger partial charge >= 0.3 is 5.97 Å². The Bertz CT molecular complexity index is 607. The maximum Gasteiger partial charge on any atom is 0.331 e. The quantitative estimate of drug-likeness (QED) is 0.848. The molecule has 0 saturated carbocycles. The molecule has 0 bridgehead atoms. The fourth-order valence-electron chi connectivity index (χ4n) is 2.42. The molecule has 0 radical (unpaired) electrons. The molecule has 1 aromatic heterocycles. The van der Waals surface area contributed by atoms with Crippen LogP contribution >= 0.6 is 0 Å². The van der Waals surface area contributed by atoms with Gasteiger partial charge in [0.25, 0.3) is 0 Å². The van der Waals surface area contributed by atoms with Crippen LogP contribution in [-0.2, 0) is 9.53 Å². The molecular weight excluding hydrogens is 252 g/mol. The molecule has 1 heterocycles. The first kappa shape index (κ1) is 14.3. The number of methoxy groups -OCH3 is 1. The monoisotopic (exact) mass is 272 g/mol.